The van der Waals surface area contributed by atoms with Crippen molar-refractivity contribution in [2.45, 2.75) is 82.7 Å². The fourth-order valence-corrected chi connectivity index (χ4v) is 5.52. The first-order valence-electron chi connectivity index (χ1n) is 12.8. The third-order valence-electron chi connectivity index (χ3n) is 8.09. The molecular formula is C28H38N2O8Y. The molecule has 4 N–H and O–H groups in total. The van der Waals surface area contributed by atoms with Crippen LogP contribution in [0.2, 0.25) is 0 Å². The average Bonchev–Trinajstić information content (AvgIpc) is 3.54. The number of alkyl carbamates (subject to hydrolysis) is 1. The summed E-state index contributed by atoms with van der Waals surface area (Å²) in [6, 6.07) is 3.52. The predicted octanol–water partition coefficient (Wildman–Crippen LogP) is 2.47. The molecule has 0 aromatic heterocycles. The van der Waals surface area contributed by atoms with Crippen LogP contribution in [-0.4, -0.2) is 77.2 Å². The summed E-state index contributed by atoms with van der Waals surface area (Å²) >= 11 is 0. The first-order valence-corrected chi connectivity index (χ1v) is 12.8. The number of carbonyl (C=O) groups excluding carboxylic acids is 2. The van der Waals surface area contributed by atoms with Gasteiger partial charge < -0.3 is 34.4 Å². The number of ether oxygens (including phenoxy) is 3. The summed E-state index contributed by atoms with van der Waals surface area (Å²) in [5.41, 5.74) is 0.103. The van der Waals surface area contributed by atoms with Gasteiger partial charge in [0.25, 0.3) is 0 Å². The van der Waals surface area contributed by atoms with E-state index in [1.165, 1.54) is 12.0 Å². The second-order valence-corrected chi connectivity index (χ2v) is 10.9. The number of hydrogen-bond acceptors (Lipinski definition) is 8. The molecule has 3 heterocycles. The van der Waals surface area contributed by atoms with Gasteiger partial charge in [-0.25, -0.2) is 4.79 Å². The molecule has 1 aromatic carbocycles. The number of methoxy groups -OCH3 is 1. The number of nitrogens with zero attached hydrogens (tertiary/aromatic N) is 1. The number of aliphatic hydroxyl groups excluding tert-OH is 1. The van der Waals surface area contributed by atoms with Crippen molar-refractivity contribution < 1.29 is 71.8 Å². The van der Waals surface area contributed by atoms with E-state index in [4.69, 9.17) is 14.2 Å². The number of phenols is 1. The number of fused-ring (bicyclic) bond motifs is 5. The summed E-state index contributed by atoms with van der Waals surface area (Å²) < 4.78 is 16.9. The molecule has 4 bridgehead atoms. The number of hydrogen-bond donors (Lipinski definition) is 4. The molecule has 11 heteroatoms. The Morgan fingerprint density at radius 1 is 1.23 bits per heavy atom. The minimum atomic E-state index is -1.73. The van der Waals surface area contributed by atoms with Crippen molar-refractivity contribution in [2.75, 3.05) is 19.1 Å². The Morgan fingerprint density at radius 3 is 2.59 bits per heavy atom. The van der Waals surface area contributed by atoms with E-state index < -0.39 is 41.8 Å². The van der Waals surface area contributed by atoms with Crippen LogP contribution in [0.15, 0.2) is 35.9 Å². The molecule has 4 rings (SSSR count). The van der Waals surface area contributed by atoms with E-state index in [-0.39, 0.29) is 63.1 Å². The molecule has 10 nitrogen and oxygen atoms in total. The van der Waals surface area contributed by atoms with Crippen LogP contribution in [0.4, 0.5) is 10.5 Å². The number of epoxide rings is 1. The molecule has 7 atom stereocenters. The van der Waals surface area contributed by atoms with Gasteiger partial charge in [0.1, 0.15) is 23.6 Å². The number of anilines is 1. The van der Waals surface area contributed by atoms with E-state index in [1.807, 2.05) is 26.0 Å². The average molecular weight is 620 g/mol. The molecule has 39 heavy (non-hydrogen) atoms. The maximum Gasteiger partial charge on any atom is 0.409 e. The van der Waals surface area contributed by atoms with Crippen molar-refractivity contribution in [3.63, 3.8) is 0 Å². The van der Waals surface area contributed by atoms with Gasteiger partial charge in [-0.05, 0) is 44.9 Å². The quantitative estimate of drug-likeness (QED) is 0.352. The van der Waals surface area contributed by atoms with E-state index >= 15 is 0 Å². The largest absolute Gasteiger partial charge is 0.508 e. The number of aliphatic hydroxyl groups is 2. The van der Waals surface area contributed by atoms with Crippen molar-refractivity contribution >= 4 is 17.7 Å². The van der Waals surface area contributed by atoms with Crippen LogP contribution in [0.1, 0.15) is 44.7 Å². The summed E-state index contributed by atoms with van der Waals surface area (Å²) in [5, 5.41) is 35.5. The van der Waals surface area contributed by atoms with Crippen molar-refractivity contribution in [1.29, 1.82) is 0 Å². The van der Waals surface area contributed by atoms with E-state index in [1.54, 1.807) is 39.1 Å². The van der Waals surface area contributed by atoms with Gasteiger partial charge in [0.05, 0.1) is 24.3 Å². The van der Waals surface area contributed by atoms with Gasteiger partial charge in [-0.2, -0.15) is 0 Å². The van der Waals surface area contributed by atoms with Crippen molar-refractivity contribution in [3.8, 4) is 5.75 Å². The van der Waals surface area contributed by atoms with Gasteiger partial charge in [-0.15, -0.1) is 0 Å². The summed E-state index contributed by atoms with van der Waals surface area (Å²) in [7, 11) is 3.06. The van der Waals surface area contributed by atoms with E-state index in [0.29, 0.717) is 17.7 Å². The van der Waals surface area contributed by atoms with Crippen LogP contribution >= 0.6 is 0 Å². The van der Waals surface area contributed by atoms with Gasteiger partial charge >= 0.3 is 6.09 Å². The number of phenolic OH excluding ortho intramolecular Hbond substituents is 1. The number of nitrogens with one attached hydrogen (secondary N) is 1. The van der Waals surface area contributed by atoms with Crippen molar-refractivity contribution in [3.05, 3.63) is 47.1 Å². The summed E-state index contributed by atoms with van der Waals surface area (Å²) in [4.78, 5) is 27.1. The minimum absolute atomic E-state index is 0. The number of benzene rings is 1. The van der Waals surface area contributed by atoms with Gasteiger partial charge in [-0.1, -0.05) is 30.7 Å². The number of allylic oxidation sites excluding steroid dienone is 3. The standard InChI is InChI=1S/C28H38N2O8.Y/c1-15-8-7-9-23(36-6)28(35)14-21(37-26(34)29-28)17(3)25-27(4,38-25)22(32)13-24(33)30(5)19-11-18(10-15)12-20(31)16(19)2;/h7-9,11-12,17,21-23,25,31-32,35H,10,13-14H2,1-6H3,(H,29,34);/b9-7+,15-8+;/t17-,21+,22+,23-,25?,27+,28+;/m1./s1. The molecule has 3 aliphatic rings. The van der Waals surface area contributed by atoms with Crippen molar-refractivity contribution in [2.24, 2.45) is 5.92 Å². The first-order chi connectivity index (χ1) is 17.8. The molecule has 0 spiro atoms. The topological polar surface area (TPSA) is 141 Å². The minimum Gasteiger partial charge on any atom is -0.508 e. The Balaban J connectivity index is 0.00000420. The van der Waals surface area contributed by atoms with Gasteiger partial charge in [0, 0.05) is 64.8 Å². The summed E-state index contributed by atoms with van der Waals surface area (Å²) in [6.07, 6.45) is 1.60. The molecule has 1 radical (unpaired) electrons. The van der Waals surface area contributed by atoms with E-state index in [9.17, 15) is 24.9 Å². The number of rotatable bonds is 1. The number of amides is 2. The first kappa shape index (κ1) is 31.7. The van der Waals surface area contributed by atoms with Crippen LogP contribution in [0.5, 0.6) is 5.75 Å². The molecule has 2 saturated heterocycles. The molecular weight excluding hydrogens is 581 g/mol. The normalized spacial score (nSPS) is 37.4. The molecule has 2 fully saturated rings. The Hall–Kier alpha value is -1.82. The predicted molar refractivity (Wildman–Crippen MR) is 140 cm³/mol. The summed E-state index contributed by atoms with van der Waals surface area (Å²) in [5.74, 6) is -0.649. The van der Waals surface area contributed by atoms with Gasteiger partial charge in [0.15, 0.2) is 5.72 Å². The zero-order chi connectivity index (χ0) is 28.0. The van der Waals surface area contributed by atoms with E-state index in [0.717, 1.165) is 11.1 Å². The second-order valence-electron chi connectivity index (χ2n) is 10.9. The van der Waals surface area contributed by atoms with Crippen LogP contribution in [0.3, 0.4) is 0 Å². The van der Waals surface area contributed by atoms with Crippen LogP contribution in [0, 0.1) is 12.8 Å². The molecule has 0 saturated carbocycles. The van der Waals surface area contributed by atoms with Crippen LogP contribution < -0.4 is 10.2 Å². The number of carbonyl (C=O) groups is 2. The zero-order valence-electron chi connectivity index (χ0n) is 23.3. The maximum atomic E-state index is 13.2. The van der Waals surface area contributed by atoms with E-state index in [2.05, 4.69) is 5.32 Å². The fourth-order valence-electron chi connectivity index (χ4n) is 5.52. The molecule has 1 unspecified atom stereocenters. The van der Waals surface area contributed by atoms with Gasteiger partial charge in [-0.3, -0.25) is 10.1 Å². The Labute approximate surface area is 254 Å². The van der Waals surface area contributed by atoms with Crippen molar-refractivity contribution in [1.82, 2.24) is 5.32 Å². The molecule has 1 aromatic rings. The third kappa shape index (κ3) is 6.42. The molecule has 3 aliphatic heterocycles. The Kier molecular flexibility index (Phi) is 9.73. The molecule has 2 amide bonds. The SMILES string of the molecule is CO[C@@H]1/C=C/C=C(\C)Cc2cc(O)c(C)c(c2)N(C)C(=O)C[C@H](O)[C@]2(C)OC2[C@H](C)[C@@H]2C[C@@]1(O)NC(=O)O2.[Y]. The van der Waals surface area contributed by atoms with Crippen LogP contribution in [0.25, 0.3) is 0 Å². The Bertz CT molecular complexity index is 1170. The molecule has 211 valence electrons. The third-order valence-corrected chi connectivity index (χ3v) is 8.09. The second kappa shape index (κ2) is 12.0. The van der Waals surface area contributed by atoms with Gasteiger partial charge in [0.2, 0.25) is 5.91 Å². The smallest absolute Gasteiger partial charge is 0.409 e. The zero-order valence-corrected chi connectivity index (χ0v) is 26.1. The maximum absolute atomic E-state index is 13.2. The van der Waals surface area contributed by atoms with Crippen LogP contribution in [-0.2, 0) is 58.1 Å². The Morgan fingerprint density at radius 2 is 1.92 bits per heavy atom. The monoisotopic (exact) mass is 619 g/mol. The fraction of sp³-hybridized carbons (Fsp3) is 0.571. The summed E-state index contributed by atoms with van der Waals surface area (Å²) in [6.45, 7) is 7.20. The number of aromatic hydroxyl groups is 1. The molecule has 0 aliphatic carbocycles.